The molecule has 1 aliphatic rings. The van der Waals surface area contributed by atoms with Gasteiger partial charge in [0.25, 0.3) is 0 Å². The first kappa shape index (κ1) is 20.1. The monoisotopic (exact) mass is 379 g/mol. The zero-order valence-corrected chi connectivity index (χ0v) is 16.4. The van der Waals surface area contributed by atoms with Gasteiger partial charge >= 0.3 is 0 Å². The summed E-state index contributed by atoms with van der Waals surface area (Å²) in [6.45, 7) is 3.34. The Morgan fingerprint density at radius 2 is 1.57 bits per heavy atom. The molecule has 1 heterocycles. The Bertz CT molecular complexity index is 773. The molecule has 3 atom stereocenters. The number of rotatable bonds is 7. The Hall–Kier alpha value is -2.66. The summed E-state index contributed by atoms with van der Waals surface area (Å²) in [5, 5.41) is 2.98. The van der Waals surface area contributed by atoms with E-state index in [1.165, 1.54) is 0 Å². The van der Waals surface area contributed by atoms with Crippen LogP contribution in [0.4, 0.5) is 0 Å². The third-order valence-electron chi connectivity index (χ3n) is 5.45. The Balaban J connectivity index is 1.72. The summed E-state index contributed by atoms with van der Waals surface area (Å²) in [4.78, 5) is 27.8. The van der Waals surface area contributed by atoms with E-state index >= 15 is 0 Å². The lowest BCUT2D eigenvalue weighted by atomic mass is 9.94. The van der Waals surface area contributed by atoms with E-state index in [0.717, 1.165) is 37.1 Å². The van der Waals surface area contributed by atoms with Gasteiger partial charge in [0.05, 0.1) is 5.92 Å². The maximum absolute atomic E-state index is 13.0. The number of nitrogens with two attached hydrogens (primary N) is 1. The van der Waals surface area contributed by atoms with E-state index in [1.807, 2.05) is 72.5 Å². The lowest BCUT2D eigenvalue weighted by Crippen LogP contribution is -2.51. The number of nitrogens with one attached hydrogen (secondary N) is 1. The quantitative estimate of drug-likeness (QED) is 0.777. The second-order valence-electron chi connectivity index (χ2n) is 7.51. The van der Waals surface area contributed by atoms with Crippen LogP contribution >= 0.6 is 0 Å². The third kappa shape index (κ3) is 4.98. The van der Waals surface area contributed by atoms with E-state index in [-0.39, 0.29) is 11.8 Å². The Labute approximate surface area is 166 Å². The molecule has 0 aliphatic carbocycles. The van der Waals surface area contributed by atoms with Crippen molar-refractivity contribution < 1.29 is 9.59 Å². The lowest BCUT2D eigenvalue weighted by Gasteiger charge is -2.27. The number of benzene rings is 2. The molecule has 0 radical (unpaired) electrons. The largest absolute Gasteiger partial charge is 0.344 e. The molecule has 3 rings (SSSR count). The van der Waals surface area contributed by atoms with Crippen LogP contribution in [0, 0.1) is 5.92 Å². The first-order valence-electron chi connectivity index (χ1n) is 10.00. The van der Waals surface area contributed by atoms with Crippen LogP contribution in [0.3, 0.4) is 0 Å². The van der Waals surface area contributed by atoms with E-state index < -0.39 is 18.0 Å². The fraction of sp³-hybridized carbons (Fsp3) is 0.391. The molecule has 0 bridgehead atoms. The van der Waals surface area contributed by atoms with Gasteiger partial charge in [0.15, 0.2) is 0 Å². The predicted octanol–water partition coefficient (Wildman–Crippen LogP) is 2.67. The molecule has 28 heavy (non-hydrogen) atoms. The van der Waals surface area contributed by atoms with Crippen molar-refractivity contribution in [1.82, 2.24) is 10.2 Å². The molecule has 1 aliphatic heterocycles. The zero-order valence-electron chi connectivity index (χ0n) is 16.4. The van der Waals surface area contributed by atoms with Crippen molar-refractivity contribution in [2.45, 2.75) is 38.3 Å². The Morgan fingerprint density at radius 3 is 2.18 bits per heavy atom. The minimum atomic E-state index is -0.571. The summed E-state index contributed by atoms with van der Waals surface area (Å²) < 4.78 is 0. The Morgan fingerprint density at radius 1 is 1.00 bits per heavy atom. The molecule has 2 aromatic rings. The van der Waals surface area contributed by atoms with E-state index in [0.29, 0.717) is 6.42 Å². The first-order chi connectivity index (χ1) is 13.6. The molecule has 148 valence electrons. The highest BCUT2D eigenvalue weighted by molar-refractivity contribution is 5.89. The average molecular weight is 380 g/mol. The summed E-state index contributed by atoms with van der Waals surface area (Å²) in [6.07, 6.45) is 2.52. The van der Waals surface area contributed by atoms with E-state index in [9.17, 15) is 9.59 Å². The highest BCUT2D eigenvalue weighted by Gasteiger charge is 2.30. The Kier molecular flexibility index (Phi) is 6.82. The number of hydrogen-bond donors (Lipinski definition) is 2. The summed E-state index contributed by atoms with van der Waals surface area (Å²) in [5.74, 6) is -0.632. The smallest absolute Gasteiger partial charge is 0.245 e. The van der Waals surface area contributed by atoms with Crippen molar-refractivity contribution in [3.8, 4) is 0 Å². The van der Waals surface area contributed by atoms with E-state index in [2.05, 4.69) is 5.32 Å². The number of carbonyl (C=O) groups is 2. The molecule has 5 nitrogen and oxygen atoms in total. The first-order valence-corrected chi connectivity index (χ1v) is 10.00. The van der Waals surface area contributed by atoms with Gasteiger partial charge in [-0.3, -0.25) is 9.59 Å². The lowest BCUT2D eigenvalue weighted by molar-refractivity contribution is -0.136. The SMILES string of the molecule is CC(C(=O)NC(Cc1ccccc1)C(=O)N1CCCC1)C(N)c1ccccc1. The second kappa shape index (κ2) is 9.51. The molecule has 5 heteroatoms. The highest BCUT2D eigenvalue weighted by atomic mass is 16.2. The van der Waals surface area contributed by atoms with Gasteiger partial charge in [-0.05, 0) is 24.0 Å². The van der Waals surface area contributed by atoms with Crippen LogP contribution in [0.15, 0.2) is 60.7 Å². The summed E-state index contributed by atoms with van der Waals surface area (Å²) in [6, 6.07) is 18.4. The van der Waals surface area contributed by atoms with Gasteiger partial charge < -0.3 is 16.0 Å². The molecule has 1 saturated heterocycles. The fourth-order valence-corrected chi connectivity index (χ4v) is 3.64. The van der Waals surface area contributed by atoms with Gasteiger partial charge in [-0.15, -0.1) is 0 Å². The van der Waals surface area contributed by atoms with Gasteiger partial charge in [0.2, 0.25) is 11.8 Å². The molecular formula is C23H29N3O2. The minimum Gasteiger partial charge on any atom is -0.344 e. The number of carbonyl (C=O) groups excluding carboxylic acids is 2. The predicted molar refractivity (Wildman–Crippen MR) is 110 cm³/mol. The molecule has 0 saturated carbocycles. The topological polar surface area (TPSA) is 75.4 Å². The van der Waals surface area contributed by atoms with Gasteiger partial charge in [0, 0.05) is 25.6 Å². The third-order valence-corrected chi connectivity index (χ3v) is 5.45. The van der Waals surface area contributed by atoms with Crippen molar-refractivity contribution in [1.29, 1.82) is 0 Å². The van der Waals surface area contributed by atoms with Gasteiger partial charge in [-0.1, -0.05) is 67.6 Å². The number of nitrogens with zero attached hydrogens (tertiary/aromatic N) is 1. The van der Waals surface area contributed by atoms with Crippen molar-refractivity contribution in [3.05, 3.63) is 71.8 Å². The average Bonchev–Trinajstić information content (AvgIpc) is 3.28. The fourth-order valence-electron chi connectivity index (χ4n) is 3.64. The van der Waals surface area contributed by atoms with Gasteiger partial charge in [-0.25, -0.2) is 0 Å². The molecule has 3 N–H and O–H groups in total. The molecule has 2 aromatic carbocycles. The van der Waals surface area contributed by atoms with Crippen LogP contribution in [0.25, 0.3) is 0 Å². The standard InChI is InChI=1S/C23H29N3O2/c1-17(21(24)19-12-6-3-7-13-19)22(27)25-20(16-18-10-4-2-5-11-18)23(28)26-14-8-9-15-26/h2-7,10-13,17,20-21H,8-9,14-16,24H2,1H3,(H,25,27). The normalized spacial score (nSPS) is 17.0. The van der Waals surface area contributed by atoms with Crippen LogP contribution in [-0.2, 0) is 16.0 Å². The molecule has 3 unspecified atom stereocenters. The summed E-state index contributed by atoms with van der Waals surface area (Å²) in [7, 11) is 0. The van der Waals surface area contributed by atoms with Crippen LogP contribution in [0.2, 0.25) is 0 Å². The molecule has 0 aromatic heterocycles. The molecule has 1 fully saturated rings. The number of amides is 2. The number of hydrogen-bond acceptors (Lipinski definition) is 3. The number of likely N-dealkylation sites (tertiary alicyclic amines) is 1. The maximum atomic E-state index is 13.0. The molecular weight excluding hydrogens is 350 g/mol. The van der Waals surface area contributed by atoms with Gasteiger partial charge in [-0.2, -0.15) is 0 Å². The minimum absolute atomic E-state index is 0.00446. The van der Waals surface area contributed by atoms with Crippen LogP contribution in [0.1, 0.15) is 36.9 Å². The highest BCUT2D eigenvalue weighted by Crippen LogP contribution is 2.20. The van der Waals surface area contributed by atoms with Crippen LogP contribution < -0.4 is 11.1 Å². The molecule has 0 spiro atoms. The van der Waals surface area contributed by atoms with E-state index in [4.69, 9.17) is 5.73 Å². The van der Waals surface area contributed by atoms with Gasteiger partial charge in [0.1, 0.15) is 6.04 Å². The van der Waals surface area contributed by atoms with Crippen molar-refractivity contribution in [2.75, 3.05) is 13.1 Å². The summed E-state index contributed by atoms with van der Waals surface area (Å²) in [5.41, 5.74) is 8.25. The van der Waals surface area contributed by atoms with E-state index in [1.54, 1.807) is 0 Å². The summed E-state index contributed by atoms with van der Waals surface area (Å²) >= 11 is 0. The van der Waals surface area contributed by atoms with Crippen molar-refractivity contribution in [3.63, 3.8) is 0 Å². The zero-order chi connectivity index (χ0) is 19.9. The second-order valence-corrected chi connectivity index (χ2v) is 7.51. The molecule has 2 amide bonds. The van der Waals surface area contributed by atoms with Crippen LogP contribution in [-0.4, -0.2) is 35.8 Å². The van der Waals surface area contributed by atoms with Crippen LogP contribution in [0.5, 0.6) is 0 Å². The van der Waals surface area contributed by atoms with Crippen molar-refractivity contribution >= 4 is 11.8 Å². The van der Waals surface area contributed by atoms with Crippen molar-refractivity contribution in [2.24, 2.45) is 11.7 Å². The maximum Gasteiger partial charge on any atom is 0.245 e.